The summed E-state index contributed by atoms with van der Waals surface area (Å²) in [5, 5.41) is 14.9. The summed E-state index contributed by atoms with van der Waals surface area (Å²) in [6.07, 6.45) is 3.08. The Labute approximate surface area is 284 Å². The number of likely N-dealkylation sites (tertiary alicyclic amines) is 1. The molecule has 5 aromatic rings. The molecule has 3 aromatic heterocycles. The largest absolute Gasteiger partial charge is 0.435 e. The minimum absolute atomic E-state index is 0.114. The lowest BCUT2D eigenvalue weighted by Crippen LogP contribution is -2.50. The number of nitrogens with one attached hydrogen (secondary N) is 4. The summed E-state index contributed by atoms with van der Waals surface area (Å²) in [4.78, 5) is 24.5. The lowest BCUT2D eigenvalue weighted by atomic mass is 9.94. The highest BCUT2D eigenvalue weighted by molar-refractivity contribution is 5.96. The van der Waals surface area contributed by atoms with Crippen LogP contribution in [0.25, 0.3) is 28.0 Å². The van der Waals surface area contributed by atoms with Crippen LogP contribution in [0.4, 0.5) is 33.5 Å². The number of imidazole rings is 1. The van der Waals surface area contributed by atoms with Crippen LogP contribution in [0.1, 0.15) is 41.4 Å². The average molecular weight is 694 g/mol. The van der Waals surface area contributed by atoms with Crippen LogP contribution in [0.15, 0.2) is 55.1 Å². The molecular formula is C35H36F5N9O. The van der Waals surface area contributed by atoms with Gasteiger partial charge in [-0.2, -0.15) is 18.3 Å². The number of halogens is 5. The Balaban J connectivity index is 1.05. The maximum Gasteiger partial charge on any atom is 0.435 e. The highest BCUT2D eigenvalue weighted by atomic mass is 19.4. The van der Waals surface area contributed by atoms with E-state index in [2.05, 4.69) is 41.0 Å². The summed E-state index contributed by atoms with van der Waals surface area (Å²) in [5.74, 6) is -1.36. The van der Waals surface area contributed by atoms with Gasteiger partial charge in [-0.05, 0) is 74.0 Å². The number of H-pyrrole nitrogens is 1. The standard InChI is InChI=1S/C35H36F5N9O/c1-2-22-13-23(3-4-24(22)34(50)44-16-20-7-10-48(11-8-20)19-21-14-41-15-21)46-32-33-43-18-28(49(33)12-9-42-32)26-6-5-25(29(36)30(26)37)27-17-45-47-31(27)35(38,39)40/h3-6,9,12-13,17-18,20-21,41H,2,7-8,10-11,14-16,19H2,1H3,(H,42,46)(H,44,50)(H,45,47). The van der Waals surface area contributed by atoms with Crippen LogP contribution in [-0.4, -0.2) is 74.6 Å². The number of aromatic nitrogens is 5. The van der Waals surface area contributed by atoms with Gasteiger partial charge in [-0.25, -0.2) is 18.7 Å². The Morgan fingerprint density at radius 2 is 1.76 bits per heavy atom. The first-order chi connectivity index (χ1) is 24.1. The van der Waals surface area contributed by atoms with Crippen molar-refractivity contribution < 1.29 is 26.7 Å². The minimum atomic E-state index is -4.86. The molecule has 2 aliphatic heterocycles. The second-order valence-electron chi connectivity index (χ2n) is 12.9. The van der Waals surface area contributed by atoms with Crippen molar-refractivity contribution in [2.45, 2.75) is 32.4 Å². The molecular weight excluding hydrogens is 657 g/mol. The molecule has 0 atom stereocenters. The van der Waals surface area contributed by atoms with Gasteiger partial charge in [0.05, 0.1) is 11.9 Å². The first-order valence-corrected chi connectivity index (χ1v) is 16.6. The van der Waals surface area contributed by atoms with Crippen LogP contribution < -0.4 is 16.0 Å². The van der Waals surface area contributed by atoms with Gasteiger partial charge >= 0.3 is 6.18 Å². The summed E-state index contributed by atoms with van der Waals surface area (Å²) >= 11 is 0. The normalized spacial score (nSPS) is 16.1. The fourth-order valence-corrected chi connectivity index (χ4v) is 6.74. The molecule has 2 saturated heterocycles. The van der Waals surface area contributed by atoms with Crippen molar-refractivity contribution in [1.29, 1.82) is 0 Å². The molecule has 15 heteroatoms. The van der Waals surface area contributed by atoms with Crippen LogP contribution in [0, 0.1) is 23.5 Å². The van der Waals surface area contributed by atoms with E-state index in [1.807, 2.05) is 13.0 Å². The van der Waals surface area contributed by atoms with Gasteiger partial charge in [-0.1, -0.05) is 13.0 Å². The summed E-state index contributed by atoms with van der Waals surface area (Å²) < 4.78 is 72.3. The number of alkyl halides is 3. The topological polar surface area (TPSA) is 115 Å². The maximum atomic E-state index is 15.4. The number of aromatic amines is 1. The number of piperidine rings is 1. The summed E-state index contributed by atoms with van der Waals surface area (Å²) in [6.45, 7) is 8.10. The summed E-state index contributed by atoms with van der Waals surface area (Å²) in [6, 6.07) is 7.70. The highest BCUT2D eigenvalue weighted by Gasteiger charge is 2.38. The van der Waals surface area contributed by atoms with Crippen LogP contribution >= 0.6 is 0 Å². The molecule has 10 nitrogen and oxygen atoms in total. The minimum Gasteiger partial charge on any atom is -0.352 e. The number of rotatable bonds is 10. The molecule has 0 saturated carbocycles. The molecule has 50 heavy (non-hydrogen) atoms. The Morgan fingerprint density at radius 1 is 1.00 bits per heavy atom. The van der Waals surface area contributed by atoms with E-state index in [1.165, 1.54) is 29.1 Å². The van der Waals surface area contributed by atoms with Crippen LogP contribution in [0.2, 0.25) is 0 Å². The van der Waals surface area contributed by atoms with E-state index in [4.69, 9.17) is 0 Å². The monoisotopic (exact) mass is 693 g/mol. The third-order valence-electron chi connectivity index (χ3n) is 9.62. The number of anilines is 2. The predicted octanol–water partition coefficient (Wildman–Crippen LogP) is 6.05. The molecule has 2 aliphatic rings. The van der Waals surface area contributed by atoms with E-state index in [0.717, 1.165) is 69.3 Å². The van der Waals surface area contributed by atoms with E-state index < -0.39 is 34.6 Å². The zero-order valence-corrected chi connectivity index (χ0v) is 27.2. The lowest BCUT2D eigenvalue weighted by Gasteiger charge is -2.37. The number of carbonyl (C=O) groups is 1. The van der Waals surface area contributed by atoms with Gasteiger partial charge in [0, 0.05) is 72.7 Å². The van der Waals surface area contributed by atoms with Crippen molar-refractivity contribution in [3.05, 3.63) is 83.6 Å². The summed E-state index contributed by atoms with van der Waals surface area (Å²) in [5.41, 5.74) is -0.159. The first-order valence-electron chi connectivity index (χ1n) is 16.6. The zero-order valence-electron chi connectivity index (χ0n) is 27.2. The van der Waals surface area contributed by atoms with Crippen LogP contribution in [-0.2, 0) is 12.6 Å². The number of hydrogen-bond donors (Lipinski definition) is 4. The van der Waals surface area contributed by atoms with E-state index in [1.54, 1.807) is 12.1 Å². The molecule has 1 amide bonds. The molecule has 4 N–H and O–H groups in total. The van der Waals surface area contributed by atoms with E-state index in [9.17, 15) is 18.0 Å². The molecule has 0 unspecified atom stereocenters. The van der Waals surface area contributed by atoms with E-state index in [-0.39, 0.29) is 17.2 Å². The number of benzene rings is 2. The Bertz CT molecular complexity index is 2010. The van der Waals surface area contributed by atoms with Crippen LogP contribution in [0.5, 0.6) is 0 Å². The van der Waals surface area contributed by atoms with Crippen molar-refractivity contribution in [2.75, 3.05) is 44.6 Å². The molecule has 0 spiro atoms. The highest BCUT2D eigenvalue weighted by Crippen LogP contribution is 2.39. The quantitative estimate of drug-likeness (QED) is 0.132. The maximum absolute atomic E-state index is 15.4. The molecule has 7 rings (SSSR count). The molecule has 2 fully saturated rings. The number of fused-ring (bicyclic) bond motifs is 1. The Kier molecular flexibility index (Phi) is 9.26. The predicted molar refractivity (Wildman–Crippen MR) is 178 cm³/mol. The third-order valence-corrected chi connectivity index (χ3v) is 9.62. The van der Waals surface area contributed by atoms with Gasteiger partial charge in [-0.3, -0.25) is 14.3 Å². The SMILES string of the molecule is CCc1cc(Nc2nccn3c(-c4ccc(-c5c[nH]nc5C(F)(F)F)c(F)c4F)cnc23)ccc1C(=O)NCC1CCN(CC2CNC2)CC1. The van der Waals surface area contributed by atoms with Gasteiger partial charge in [0.2, 0.25) is 0 Å². The van der Waals surface area contributed by atoms with E-state index >= 15 is 8.78 Å². The molecule has 2 aromatic carbocycles. The Hall–Kier alpha value is -4.89. The zero-order chi connectivity index (χ0) is 35.0. The summed E-state index contributed by atoms with van der Waals surface area (Å²) in [7, 11) is 0. The molecule has 0 aliphatic carbocycles. The smallest absolute Gasteiger partial charge is 0.352 e. The molecule has 5 heterocycles. The van der Waals surface area contributed by atoms with Gasteiger partial charge in [-0.15, -0.1) is 0 Å². The molecule has 0 radical (unpaired) electrons. The second-order valence-corrected chi connectivity index (χ2v) is 12.9. The number of carbonyl (C=O) groups excluding carboxylic acids is 1. The van der Waals surface area contributed by atoms with E-state index in [0.29, 0.717) is 41.6 Å². The second kappa shape index (κ2) is 13.8. The average Bonchev–Trinajstić information content (AvgIpc) is 3.76. The third kappa shape index (κ3) is 6.66. The van der Waals surface area contributed by atoms with Crippen molar-refractivity contribution in [3.63, 3.8) is 0 Å². The Morgan fingerprint density at radius 3 is 2.48 bits per heavy atom. The fraction of sp³-hybridized carbons (Fsp3) is 0.371. The van der Waals surface area contributed by atoms with Gasteiger partial charge in [0.15, 0.2) is 28.8 Å². The fourth-order valence-electron chi connectivity index (χ4n) is 6.74. The number of hydrogen-bond acceptors (Lipinski definition) is 7. The van der Waals surface area contributed by atoms with Crippen molar-refractivity contribution >= 4 is 23.1 Å². The van der Waals surface area contributed by atoms with Crippen molar-refractivity contribution in [1.82, 2.24) is 40.1 Å². The molecule has 262 valence electrons. The van der Waals surface area contributed by atoms with Gasteiger partial charge in [0.1, 0.15) is 0 Å². The van der Waals surface area contributed by atoms with Crippen LogP contribution in [0.3, 0.4) is 0 Å². The van der Waals surface area contributed by atoms with Gasteiger partial charge < -0.3 is 20.9 Å². The number of aryl methyl sites for hydroxylation is 1. The van der Waals surface area contributed by atoms with Crippen molar-refractivity contribution in [3.8, 4) is 22.4 Å². The first kappa shape index (κ1) is 33.6. The lowest BCUT2D eigenvalue weighted by molar-refractivity contribution is -0.140. The molecule has 0 bridgehead atoms. The van der Waals surface area contributed by atoms with Gasteiger partial charge in [0.25, 0.3) is 5.91 Å². The van der Waals surface area contributed by atoms with Crippen molar-refractivity contribution in [2.24, 2.45) is 11.8 Å². The number of amides is 1. The number of nitrogens with zero attached hydrogens (tertiary/aromatic N) is 5.